The molecule has 27 heteroatoms. The molecule has 0 radical (unpaired) electrons. The van der Waals surface area contributed by atoms with Crippen molar-refractivity contribution in [1.29, 1.82) is 0 Å². The van der Waals surface area contributed by atoms with Gasteiger partial charge in [0.25, 0.3) is 0 Å². The highest BCUT2D eigenvalue weighted by Crippen LogP contribution is 2.35. The second-order valence-electron chi connectivity index (χ2n) is 27.2. The van der Waals surface area contributed by atoms with E-state index in [0.717, 1.165) is 20.8 Å². The van der Waals surface area contributed by atoms with Gasteiger partial charge in [-0.15, -0.1) is 0 Å². The van der Waals surface area contributed by atoms with Crippen molar-refractivity contribution in [3.8, 4) is 0 Å². The van der Waals surface area contributed by atoms with E-state index in [2.05, 4.69) is 21.3 Å². The minimum Gasteiger partial charge on any atom is -0.351 e. The lowest BCUT2D eigenvalue weighted by atomic mass is 9.91. The van der Waals surface area contributed by atoms with E-state index in [1.54, 1.807) is 65.8 Å². The SMILES string of the molecule is CC[C@H](C)[C@@H]1NC(=O)[C@H](C(C)C)N(C)C(=O)C[C@@H](C)NC(=O)[C@H](CC(C)C)N(C)C(=O)C2(CCCC2)NC(=O)[C@H](CC(C)C)N(C)C(=O)[C@H](CCc2ccc(C(F)(F)F)c(F)c2)NC(=O)CN(C)C(=O)[C@H](Cc2ccc(Cl)cc2)N(C)C(=O)C2CCN2C(=O)CN(C)C1=O. The molecule has 1 unspecified atom stereocenters. The molecule has 1 saturated carbocycles. The fraction of sp³-hybridized carbons (Fsp3) is 0.657. The van der Waals surface area contributed by atoms with Crippen LogP contribution >= 0.6 is 11.6 Å². The number of halogens is 5. The van der Waals surface area contributed by atoms with E-state index in [4.69, 9.17) is 11.6 Å². The number of benzene rings is 2. The molecule has 22 nitrogen and oxygen atoms in total. The van der Waals surface area contributed by atoms with Gasteiger partial charge in [-0.3, -0.25) is 52.7 Å². The molecule has 0 bridgehead atoms. The zero-order chi connectivity index (χ0) is 70.6. The molecule has 1 aliphatic carbocycles. The molecule has 11 amide bonds. The minimum atomic E-state index is -5.01. The molecule has 1 spiro atoms. The molecule has 2 aromatic rings. The number of fused-ring (bicyclic) bond motifs is 1. The molecule has 4 N–H and O–H groups in total. The van der Waals surface area contributed by atoms with Gasteiger partial charge in [-0.1, -0.05) is 104 Å². The zero-order valence-electron chi connectivity index (χ0n) is 57.1. The first kappa shape index (κ1) is 77.3. The van der Waals surface area contributed by atoms with Crippen molar-refractivity contribution in [2.24, 2.45) is 23.7 Å². The van der Waals surface area contributed by atoms with E-state index < -0.39 is 161 Å². The van der Waals surface area contributed by atoms with Gasteiger partial charge in [-0.05, 0) is 111 Å². The number of aryl methyl sites for hydroxylation is 1. The second-order valence-corrected chi connectivity index (χ2v) is 27.6. The van der Waals surface area contributed by atoms with Gasteiger partial charge in [0.1, 0.15) is 53.6 Å². The van der Waals surface area contributed by atoms with Crippen LogP contribution in [-0.2, 0) is 71.8 Å². The van der Waals surface area contributed by atoms with Gasteiger partial charge in [0.05, 0.1) is 18.7 Å². The summed E-state index contributed by atoms with van der Waals surface area (Å²) in [6.07, 6.45) is -3.92. The van der Waals surface area contributed by atoms with Crippen molar-refractivity contribution in [3.05, 3.63) is 70.0 Å². The maximum absolute atomic E-state index is 15.2. The average Bonchev–Trinajstić information content (AvgIpc) is 1.23. The number of amides is 11. The number of nitrogens with zero attached hydrogens (tertiary/aromatic N) is 7. The summed E-state index contributed by atoms with van der Waals surface area (Å²) in [5.74, 6) is -10.4. The summed E-state index contributed by atoms with van der Waals surface area (Å²) in [7, 11) is 8.28. The minimum absolute atomic E-state index is 0.0201. The standard InChI is InChI=1S/C67H98ClF4N11O11/c1-16-41(8)56-64(93)78(11)37-55(86)83-30-27-49(83)63(92)80(13)52(35-44-19-23-45(68)24-20-44)62(91)77(10)36-53(84)74-48(26-22-43-21-25-46(47(69)34-43)67(70,71)72)61(90)79(12)51(32-39(4)5)59(88)76-66(28-17-18-29-66)65(94)81(14)50(31-38(2)3)58(87)73-42(9)33-54(85)82(15)57(40(6)7)60(89)75-56/h19-21,23-25,34,38-42,48-52,56-57H,16-18,22,26-33,35-37H2,1-15H3,(H,73,87)(H,74,84)(H,75,89)(H,76,88)/t41-,42+,48-,49?,50-,51-,52-,56-,57-/m0/s1. The van der Waals surface area contributed by atoms with Crippen LogP contribution < -0.4 is 21.3 Å². The third kappa shape index (κ3) is 19.6. The van der Waals surface area contributed by atoms with Gasteiger partial charge in [-0.25, -0.2) is 4.39 Å². The van der Waals surface area contributed by atoms with Gasteiger partial charge in [0.15, 0.2) is 0 Å². The van der Waals surface area contributed by atoms with Crippen molar-refractivity contribution in [1.82, 2.24) is 55.6 Å². The molecule has 2 aromatic carbocycles. The van der Waals surface area contributed by atoms with E-state index in [1.807, 2.05) is 20.8 Å². The zero-order valence-corrected chi connectivity index (χ0v) is 57.8. The van der Waals surface area contributed by atoms with Gasteiger partial charge in [-0.2, -0.15) is 13.2 Å². The van der Waals surface area contributed by atoms with E-state index in [-0.39, 0.29) is 81.7 Å². The van der Waals surface area contributed by atoms with Crippen molar-refractivity contribution in [3.63, 3.8) is 0 Å². The summed E-state index contributed by atoms with van der Waals surface area (Å²) < 4.78 is 56.0. The number of hydrogen-bond donors (Lipinski definition) is 4. The largest absolute Gasteiger partial charge is 0.419 e. The summed E-state index contributed by atoms with van der Waals surface area (Å²) in [5, 5.41) is 11.8. The molecule has 5 rings (SSSR count). The Balaban J connectivity index is 1.60. The van der Waals surface area contributed by atoms with Crippen LogP contribution in [0.25, 0.3) is 0 Å². The molecular formula is C67H98ClF4N11O11. The average molecular weight is 1350 g/mol. The predicted molar refractivity (Wildman–Crippen MR) is 345 cm³/mol. The van der Waals surface area contributed by atoms with Crippen molar-refractivity contribution in [2.75, 3.05) is 61.9 Å². The third-order valence-corrected chi connectivity index (χ3v) is 18.7. The number of likely N-dealkylation sites (N-methyl/N-ethyl adjacent to an activating group) is 6. The third-order valence-electron chi connectivity index (χ3n) is 18.5. The number of carbonyl (C=O) groups is 11. The molecule has 0 aromatic heterocycles. The Morgan fingerprint density at radius 1 is 0.638 bits per heavy atom. The van der Waals surface area contributed by atoms with E-state index in [0.29, 0.717) is 42.0 Å². The highest BCUT2D eigenvalue weighted by molar-refractivity contribution is 6.30. The molecule has 522 valence electrons. The van der Waals surface area contributed by atoms with Crippen LogP contribution in [-0.4, -0.2) is 215 Å². The monoisotopic (exact) mass is 1340 g/mol. The molecule has 2 heterocycles. The number of carbonyl (C=O) groups excluding carboxylic acids is 11. The first-order valence-corrected chi connectivity index (χ1v) is 32.9. The Bertz CT molecular complexity index is 3070. The number of hydrogen-bond acceptors (Lipinski definition) is 11. The Morgan fingerprint density at radius 3 is 1.73 bits per heavy atom. The predicted octanol–water partition coefficient (Wildman–Crippen LogP) is 5.60. The maximum Gasteiger partial charge on any atom is 0.419 e. The molecule has 9 atom stereocenters. The maximum atomic E-state index is 15.2. The quantitative estimate of drug-likeness (QED) is 0.190. The van der Waals surface area contributed by atoms with Gasteiger partial charge < -0.3 is 55.6 Å². The topological polar surface area (TPSA) is 259 Å². The van der Waals surface area contributed by atoms with Crippen LogP contribution in [0.4, 0.5) is 17.6 Å². The lowest BCUT2D eigenvalue weighted by Gasteiger charge is -2.43. The Morgan fingerprint density at radius 2 is 1.20 bits per heavy atom. The number of nitrogens with one attached hydrogen (secondary N) is 4. The van der Waals surface area contributed by atoms with E-state index >= 15 is 18.8 Å². The summed E-state index contributed by atoms with van der Waals surface area (Å²) in [5.41, 5.74) is -2.50. The van der Waals surface area contributed by atoms with Crippen LogP contribution in [0.5, 0.6) is 0 Å². The summed E-state index contributed by atoms with van der Waals surface area (Å²) in [4.78, 5) is 169. The highest BCUT2D eigenvalue weighted by atomic mass is 35.5. The van der Waals surface area contributed by atoms with E-state index in [1.165, 1.54) is 61.9 Å². The molecule has 2 aliphatic heterocycles. The number of rotatable bonds is 12. The molecule has 2 saturated heterocycles. The van der Waals surface area contributed by atoms with Gasteiger partial charge in [0, 0.05) is 72.7 Å². The Kier molecular flexibility index (Phi) is 27.4. The fourth-order valence-electron chi connectivity index (χ4n) is 12.6. The van der Waals surface area contributed by atoms with Crippen molar-refractivity contribution < 1.29 is 70.3 Å². The highest BCUT2D eigenvalue weighted by Gasteiger charge is 2.49. The Hall–Kier alpha value is -7.38. The lowest BCUT2D eigenvalue weighted by Crippen LogP contribution is -2.64. The molecule has 3 aliphatic rings. The lowest BCUT2D eigenvalue weighted by molar-refractivity contribution is -0.157. The van der Waals surface area contributed by atoms with Crippen LogP contribution in [0, 0.1) is 29.5 Å². The van der Waals surface area contributed by atoms with E-state index in [9.17, 15) is 51.5 Å². The first-order chi connectivity index (χ1) is 43.8. The van der Waals surface area contributed by atoms with Crippen molar-refractivity contribution in [2.45, 2.75) is 199 Å². The smallest absolute Gasteiger partial charge is 0.351 e. The molecular weight excluding hydrogens is 1250 g/mol. The van der Waals surface area contributed by atoms with Crippen molar-refractivity contribution >= 4 is 76.6 Å². The van der Waals surface area contributed by atoms with Crippen LogP contribution in [0.3, 0.4) is 0 Å². The van der Waals surface area contributed by atoms with Crippen LogP contribution in [0.1, 0.15) is 143 Å². The summed E-state index contributed by atoms with van der Waals surface area (Å²) in [6, 6.07) is -0.800. The number of alkyl halides is 3. The first-order valence-electron chi connectivity index (χ1n) is 32.5. The second kappa shape index (κ2) is 33.3. The van der Waals surface area contributed by atoms with Crippen LogP contribution in [0.2, 0.25) is 5.02 Å². The fourth-order valence-corrected chi connectivity index (χ4v) is 12.7. The summed E-state index contributed by atoms with van der Waals surface area (Å²) >= 11 is 6.23. The summed E-state index contributed by atoms with van der Waals surface area (Å²) in [6.45, 7) is 14.9. The Labute approximate surface area is 555 Å². The molecule has 3 fully saturated rings. The van der Waals surface area contributed by atoms with Crippen LogP contribution in [0.15, 0.2) is 42.5 Å². The normalized spacial score (nSPS) is 25.2. The molecule has 94 heavy (non-hydrogen) atoms. The van der Waals surface area contributed by atoms with Gasteiger partial charge >= 0.3 is 6.18 Å². The van der Waals surface area contributed by atoms with Gasteiger partial charge in [0.2, 0.25) is 65.0 Å².